The number of nitrogens with one attached hydrogen (secondary N) is 9. The summed E-state index contributed by atoms with van der Waals surface area (Å²) in [6.45, 7) is 11.2. The third kappa shape index (κ3) is 19.6. The van der Waals surface area contributed by atoms with E-state index in [0.29, 0.717) is 11.1 Å². The summed E-state index contributed by atoms with van der Waals surface area (Å²) in [5.41, 5.74) is 8.01. The van der Waals surface area contributed by atoms with Gasteiger partial charge in [-0.3, -0.25) is 47.9 Å². The van der Waals surface area contributed by atoms with Crippen molar-refractivity contribution in [2.45, 2.75) is 167 Å². The third-order valence-electron chi connectivity index (χ3n) is 14.0. The lowest BCUT2D eigenvalue weighted by Crippen LogP contribution is -2.63. The molecule has 12 atom stereocenters. The van der Waals surface area contributed by atoms with Gasteiger partial charge in [0.15, 0.2) is 0 Å². The number of hydrogen-bond donors (Lipinski definition) is 15. The molecule has 1 aliphatic rings. The Balaban J connectivity index is 1.46. The zero-order valence-corrected chi connectivity index (χ0v) is 47.8. The Kier molecular flexibility index (Phi) is 25.6. The predicted molar refractivity (Wildman–Crippen MR) is 300 cm³/mol. The van der Waals surface area contributed by atoms with Gasteiger partial charge in [0, 0.05) is 36.5 Å². The molecule has 0 aliphatic carbocycles. The summed E-state index contributed by atoms with van der Waals surface area (Å²) in [5, 5.41) is 71.6. The molecule has 0 unspecified atom stereocenters. The second kappa shape index (κ2) is 31.4. The van der Waals surface area contributed by atoms with Gasteiger partial charge in [-0.2, -0.15) is 0 Å². The van der Waals surface area contributed by atoms with Gasteiger partial charge in [0.05, 0.1) is 31.3 Å². The number of aliphatic carboxylic acids is 2. The van der Waals surface area contributed by atoms with Crippen LogP contribution in [0.5, 0.6) is 0 Å². The van der Waals surface area contributed by atoms with E-state index in [1.165, 1.54) is 27.7 Å². The maximum absolute atomic E-state index is 14.3. The molecule has 27 nitrogen and oxygen atoms in total. The first kappa shape index (κ1) is 67.5. The monoisotopic (exact) mass is 1160 g/mol. The average molecular weight is 1160 g/mol. The Morgan fingerprint density at radius 1 is 0.590 bits per heavy atom. The van der Waals surface area contributed by atoms with Crippen LogP contribution in [-0.4, -0.2) is 186 Å². The maximum Gasteiger partial charge on any atom is 0.326 e. The van der Waals surface area contributed by atoms with E-state index in [9.17, 15) is 78.3 Å². The van der Waals surface area contributed by atoms with Crippen molar-refractivity contribution < 1.29 is 78.3 Å². The van der Waals surface area contributed by atoms with Gasteiger partial charge < -0.3 is 83.7 Å². The zero-order valence-electron chi connectivity index (χ0n) is 47.8. The largest absolute Gasteiger partial charge is 0.481 e. The quantitative estimate of drug-likeness (QED) is 0.0326. The smallest absolute Gasteiger partial charge is 0.326 e. The third-order valence-corrected chi connectivity index (χ3v) is 14.0. The first-order valence-electron chi connectivity index (χ1n) is 27.5. The molecule has 2 aromatic carbocycles. The lowest BCUT2D eigenvalue weighted by Gasteiger charge is -2.32. The number of nitrogens with zero attached hydrogens (tertiary/aromatic N) is 1. The summed E-state index contributed by atoms with van der Waals surface area (Å²) in [7, 11) is 0. The molecule has 4 rings (SSSR count). The number of carboxylic acid groups (broad SMARTS) is 2. The molecule has 1 fully saturated rings. The molecule has 27 heteroatoms. The highest BCUT2D eigenvalue weighted by Crippen LogP contribution is 2.22. The van der Waals surface area contributed by atoms with Gasteiger partial charge in [0.25, 0.3) is 0 Å². The van der Waals surface area contributed by atoms with Gasteiger partial charge in [-0.1, -0.05) is 90.1 Å². The number of H-pyrrole nitrogens is 1. The molecule has 456 valence electrons. The van der Waals surface area contributed by atoms with E-state index in [2.05, 4.69) is 47.5 Å². The number of aliphatic hydroxyl groups excluding tert-OH is 3. The molecule has 1 aromatic heterocycles. The highest BCUT2D eigenvalue weighted by Gasteiger charge is 2.43. The molecule has 0 bridgehead atoms. The molecule has 83 heavy (non-hydrogen) atoms. The number of likely N-dealkylation sites (tertiary alicyclic amines) is 1. The van der Waals surface area contributed by atoms with Gasteiger partial charge >= 0.3 is 11.9 Å². The number of rotatable bonds is 31. The van der Waals surface area contributed by atoms with Crippen LogP contribution in [0.2, 0.25) is 0 Å². The van der Waals surface area contributed by atoms with Gasteiger partial charge in [-0.15, -0.1) is 0 Å². The number of carbonyl (C=O) groups is 11. The van der Waals surface area contributed by atoms with Crippen LogP contribution >= 0.6 is 0 Å². The molecular formula is C56H81N11O16. The topological polar surface area (TPSA) is 430 Å². The number of carbonyl (C=O) groups excluding carboxylic acids is 9. The van der Waals surface area contributed by atoms with E-state index >= 15 is 0 Å². The van der Waals surface area contributed by atoms with E-state index in [4.69, 9.17) is 5.73 Å². The number of benzene rings is 2. The van der Waals surface area contributed by atoms with Crippen LogP contribution in [0.25, 0.3) is 10.9 Å². The van der Waals surface area contributed by atoms with Crippen molar-refractivity contribution in [3.63, 3.8) is 0 Å². The summed E-state index contributed by atoms with van der Waals surface area (Å²) in [5.74, 6) is -13.1. The number of nitrogens with two attached hydrogens (primary N) is 1. The van der Waals surface area contributed by atoms with Crippen LogP contribution in [0.1, 0.15) is 92.2 Å². The Morgan fingerprint density at radius 2 is 1.12 bits per heavy atom. The van der Waals surface area contributed by atoms with Crippen molar-refractivity contribution >= 4 is 76.0 Å². The van der Waals surface area contributed by atoms with Crippen LogP contribution < -0.4 is 48.3 Å². The fraction of sp³-hybridized carbons (Fsp3) is 0.554. The van der Waals surface area contributed by atoms with Crippen LogP contribution in [0.15, 0.2) is 60.8 Å². The van der Waals surface area contributed by atoms with Crippen molar-refractivity contribution in [3.8, 4) is 0 Å². The number of aromatic nitrogens is 1. The minimum atomic E-state index is -1.94. The van der Waals surface area contributed by atoms with Crippen molar-refractivity contribution in [2.75, 3.05) is 13.2 Å². The number of aromatic amines is 1. The Bertz CT molecular complexity index is 2770. The number of amides is 9. The fourth-order valence-corrected chi connectivity index (χ4v) is 9.27. The SMILES string of the molecule is CC(C)C[C@H](NC(=O)[C@@H]1CCCN1C(=O)[C@@H](NC(=O)[C@@H](NC(=O)[C@H](CC(=O)O)NC(=O)[C@H](CO)NC(=O)[C@H](Cc1c[nH]c2ccccc12)NC(=O)[C@@H](N)C(C)C)C(C)C)[C@@H](C)O)C(=O)N[C@H](C(=O)N[C@@H](Cc1ccccc1)C(=O)O)[C@@H](C)O. The van der Waals surface area contributed by atoms with Crippen LogP contribution in [0.3, 0.4) is 0 Å². The molecule has 1 aliphatic heterocycles. The van der Waals surface area contributed by atoms with Gasteiger partial charge in [0.2, 0.25) is 53.2 Å². The van der Waals surface area contributed by atoms with Crippen LogP contribution in [-0.2, 0) is 65.6 Å². The van der Waals surface area contributed by atoms with Crippen LogP contribution in [0.4, 0.5) is 0 Å². The minimum Gasteiger partial charge on any atom is -0.481 e. The first-order valence-corrected chi connectivity index (χ1v) is 27.5. The second-order valence-electron chi connectivity index (χ2n) is 22.0. The molecule has 2 heterocycles. The first-order chi connectivity index (χ1) is 39.0. The molecule has 9 amide bonds. The summed E-state index contributed by atoms with van der Waals surface area (Å²) in [4.78, 5) is 153. The van der Waals surface area contributed by atoms with E-state index in [-0.39, 0.29) is 50.5 Å². The maximum atomic E-state index is 14.3. The standard InChI is InChI=1S/C56H81N11O16/c1-27(2)21-36(48(74)65-45(30(7)69)54(80)62-39(56(82)83)22-32-15-10-9-11-16-32)60-51(77)41-19-14-20-67(41)55(81)46(31(8)70)66-53(79)44(29(5)6)64-49(75)38(24-42(71)72)59-50(76)40(26-68)63-47(73)37(61-52(78)43(57)28(3)4)23-33-25-58-35-18-13-12-17-34(33)35/h9-13,15-18,25,27-31,36-41,43-46,58,68-70H,14,19-24,26,57H2,1-8H3,(H,59,76)(H,60,77)(H,61,78)(H,62,80)(H,63,73)(H,64,75)(H,65,74)(H,66,79)(H,71,72)(H,82,83)/t30-,31-,36+,37+,38+,39+,40+,41+,43+,44+,45+,46+/m1/s1. The van der Waals surface area contributed by atoms with E-state index < -0.39 is 157 Å². The molecule has 0 spiro atoms. The average Bonchev–Trinajstić information content (AvgIpc) is 4.26. The zero-order chi connectivity index (χ0) is 62.0. The molecule has 0 saturated carbocycles. The summed E-state index contributed by atoms with van der Waals surface area (Å²) >= 11 is 0. The lowest BCUT2D eigenvalue weighted by atomic mass is 10.0. The highest BCUT2D eigenvalue weighted by atomic mass is 16.4. The molecule has 16 N–H and O–H groups in total. The molecular weight excluding hydrogens is 1080 g/mol. The van der Waals surface area contributed by atoms with Crippen LogP contribution in [0, 0.1) is 17.8 Å². The van der Waals surface area contributed by atoms with E-state index in [0.717, 1.165) is 15.8 Å². The van der Waals surface area contributed by atoms with Gasteiger partial charge in [0.1, 0.15) is 54.4 Å². The van der Waals surface area contributed by atoms with E-state index in [1.54, 1.807) is 88.5 Å². The number of para-hydroxylation sites is 1. The predicted octanol–water partition coefficient (Wildman–Crippen LogP) is -2.18. The number of fused-ring (bicyclic) bond motifs is 1. The molecule has 0 radical (unpaired) electrons. The summed E-state index contributed by atoms with van der Waals surface area (Å²) in [6.07, 6.45) is -2.44. The second-order valence-corrected chi connectivity index (χ2v) is 22.0. The Hall–Kier alpha value is -8.01. The summed E-state index contributed by atoms with van der Waals surface area (Å²) < 4.78 is 0. The normalized spacial score (nSPS) is 17.3. The van der Waals surface area contributed by atoms with Crippen molar-refractivity contribution in [2.24, 2.45) is 23.5 Å². The van der Waals surface area contributed by atoms with E-state index in [1.807, 2.05) is 0 Å². The fourth-order valence-electron chi connectivity index (χ4n) is 9.27. The Morgan fingerprint density at radius 3 is 1.70 bits per heavy atom. The minimum absolute atomic E-state index is 0.00539. The molecule has 1 saturated heterocycles. The summed E-state index contributed by atoms with van der Waals surface area (Å²) in [6, 6.07) is 0.465. The van der Waals surface area contributed by atoms with Crippen molar-refractivity contribution in [1.82, 2.24) is 52.4 Å². The van der Waals surface area contributed by atoms with Crippen molar-refractivity contribution in [1.29, 1.82) is 0 Å². The number of carboxylic acids is 2. The van der Waals surface area contributed by atoms with Gasteiger partial charge in [-0.25, -0.2) is 4.79 Å². The lowest BCUT2D eigenvalue weighted by molar-refractivity contribution is -0.145. The van der Waals surface area contributed by atoms with Crippen molar-refractivity contribution in [3.05, 3.63) is 71.9 Å². The van der Waals surface area contributed by atoms with Gasteiger partial charge in [-0.05, 0) is 68.1 Å². The number of hydrogen-bond acceptors (Lipinski definition) is 15. The molecule has 3 aromatic rings. The highest BCUT2D eigenvalue weighted by molar-refractivity contribution is 6.00. The number of aliphatic hydroxyl groups is 3. The Labute approximate surface area is 480 Å².